The molecule has 4 heteroatoms. The summed E-state index contributed by atoms with van der Waals surface area (Å²) in [4.78, 5) is 22.5. The molecule has 106 valence electrons. The van der Waals surface area contributed by atoms with E-state index < -0.39 is 0 Å². The molecule has 0 aromatic heterocycles. The minimum atomic E-state index is -0.195. The molecule has 0 fully saturated rings. The van der Waals surface area contributed by atoms with Crippen molar-refractivity contribution in [3.05, 3.63) is 0 Å². The number of hydrogen-bond donors (Lipinski definition) is 0. The summed E-state index contributed by atoms with van der Waals surface area (Å²) in [7, 11) is 0. The van der Waals surface area contributed by atoms with Crippen molar-refractivity contribution in [2.75, 3.05) is 6.61 Å². The average molecular weight is 258 g/mol. The Labute approximate surface area is 110 Å². The molecule has 0 aromatic rings. The zero-order chi connectivity index (χ0) is 14.0. The summed E-state index contributed by atoms with van der Waals surface area (Å²) >= 11 is 0. The number of rotatable bonds is 9. The van der Waals surface area contributed by atoms with Crippen LogP contribution in [0.4, 0.5) is 0 Å². The van der Waals surface area contributed by atoms with Crippen LogP contribution in [0.2, 0.25) is 0 Å². The van der Waals surface area contributed by atoms with Gasteiger partial charge in [0.2, 0.25) is 0 Å². The van der Waals surface area contributed by atoms with Crippen molar-refractivity contribution in [2.45, 2.75) is 65.9 Å². The lowest BCUT2D eigenvalue weighted by atomic mass is 10.1. The molecule has 4 nitrogen and oxygen atoms in total. The number of unbranched alkanes of at least 4 members (excludes halogenated alkanes) is 1. The van der Waals surface area contributed by atoms with Crippen molar-refractivity contribution in [1.82, 2.24) is 0 Å². The first-order valence-corrected chi connectivity index (χ1v) is 6.80. The Hall–Kier alpha value is -1.06. The van der Waals surface area contributed by atoms with Gasteiger partial charge in [0.05, 0.1) is 12.7 Å². The molecule has 0 radical (unpaired) electrons. The first-order valence-electron chi connectivity index (χ1n) is 6.80. The highest BCUT2D eigenvalue weighted by Gasteiger charge is 2.11. The largest absolute Gasteiger partial charge is 0.466 e. The fourth-order valence-corrected chi connectivity index (χ4v) is 1.77. The fraction of sp³-hybridized carbons (Fsp3) is 0.857. The van der Waals surface area contributed by atoms with E-state index in [2.05, 4.69) is 13.8 Å². The lowest BCUT2D eigenvalue weighted by Gasteiger charge is -2.15. The first-order chi connectivity index (χ1) is 8.45. The van der Waals surface area contributed by atoms with Crippen molar-refractivity contribution >= 4 is 11.9 Å². The van der Waals surface area contributed by atoms with Gasteiger partial charge in [-0.15, -0.1) is 0 Å². The predicted octanol–water partition coefficient (Wildman–Crippen LogP) is 3.09. The van der Waals surface area contributed by atoms with E-state index in [4.69, 9.17) is 9.47 Å². The van der Waals surface area contributed by atoms with E-state index in [1.807, 2.05) is 6.92 Å². The highest BCUT2D eigenvalue weighted by atomic mass is 16.5. The predicted molar refractivity (Wildman–Crippen MR) is 70.1 cm³/mol. The maximum Gasteiger partial charge on any atom is 0.306 e. The van der Waals surface area contributed by atoms with Gasteiger partial charge in [0.25, 0.3) is 0 Å². The molecule has 0 aliphatic heterocycles. The summed E-state index contributed by atoms with van der Waals surface area (Å²) in [6, 6.07) is 0. The van der Waals surface area contributed by atoms with Crippen molar-refractivity contribution in [3.8, 4) is 0 Å². The van der Waals surface area contributed by atoms with Gasteiger partial charge in [-0.05, 0) is 39.0 Å². The molecule has 0 spiro atoms. The standard InChI is InChI=1S/C14H26O4/c1-5-17-13(15)8-6-7-9-14(16)18-12(4)10-11(2)3/h11-12H,5-10H2,1-4H3. The Morgan fingerprint density at radius 1 is 1.00 bits per heavy atom. The second-order valence-corrected chi connectivity index (χ2v) is 4.94. The lowest BCUT2D eigenvalue weighted by molar-refractivity contribution is -0.149. The first kappa shape index (κ1) is 16.9. The summed E-state index contributed by atoms with van der Waals surface area (Å²) in [5.74, 6) is 0.155. The van der Waals surface area contributed by atoms with E-state index in [1.54, 1.807) is 6.92 Å². The molecule has 18 heavy (non-hydrogen) atoms. The highest BCUT2D eigenvalue weighted by Crippen LogP contribution is 2.10. The summed E-state index contributed by atoms with van der Waals surface area (Å²) in [5, 5.41) is 0. The molecule has 0 amide bonds. The highest BCUT2D eigenvalue weighted by molar-refractivity contribution is 5.70. The van der Waals surface area contributed by atoms with E-state index in [0.29, 0.717) is 38.2 Å². The molecule has 0 aliphatic carbocycles. The monoisotopic (exact) mass is 258 g/mol. The van der Waals surface area contributed by atoms with E-state index in [-0.39, 0.29) is 18.0 Å². The van der Waals surface area contributed by atoms with Crippen LogP contribution in [0.1, 0.15) is 59.8 Å². The van der Waals surface area contributed by atoms with E-state index >= 15 is 0 Å². The maximum atomic E-state index is 11.5. The molecule has 0 saturated heterocycles. The molecule has 1 atom stereocenters. The molecule has 0 rings (SSSR count). The van der Waals surface area contributed by atoms with Crippen LogP contribution < -0.4 is 0 Å². The number of carbonyl (C=O) groups is 2. The van der Waals surface area contributed by atoms with Gasteiger partial charge in [0.1, 0.15) is 0 Å². The van der Waals surface area contributed by atoms with Crippen LogP contribution in [0, 0.1) is 5.92 Å². The van der Waals surface area contributed by atoms with Crippen LogP contribution in [0.15, 0.2) is 0 Å². The second kappa shape index (κ2) is 9.92. The molecular weight excluding hydrogens is 232 g/mol. The molecule has 0 aromatic carbocycles. The van der Waals surface area contributed by atoms with Crippen molar-refractivity contribution < 1.29 is 19.1 Å². The second-order valence-electron chi connectivity index (χ2n) is 4.94. The molecule has 1 unspecified atom stereocenters. The third-order valence-electron chi connectivity index (χ3n) is 2.45. The lowest BCUT2D eigenvalue weighted by Crippen LogP contribution is -2.16. The van der Waals surface area contributed by atoms with Crippen LogP contribution in [0.25, 0.3) is 0 Å². The van der Waals surface area contributed by atoms with Crippen molar-refractivity contribution in [1.29, 1.82) is 0 Å². The average Bonchev–Trinajstić information content (AvgIpc) is 2.23. The van der Waals surface area contributed by atoms with Gasteiger partial charge in [-0.2, -0.15) is 0 Å². The topological polar surface area (TPSA) is 52.6 Å². The van der Waals surface area contributed by atoms with Crippen LogP contribution in [0.5, 0.6) is 0 Å². The number of ether oxygens (including phenoxy) is 2. The molecule has 0 heterocycles. The minimum Gasteiger partial charge on any atom is -0.466 e. The summed E-state index contributed by atoms with van der Waals surface area (Å²) in [6.45, 7) is 8.31. The van der Waals surface area contributed by atoms with Crippen molar-refractivity contribution in [2.24, 2.45) is 5.92 Å². The molecule has 0 aliphatic rings. The van der Waals surface area contributed by atoms with Gasteiger partial charge in [-0.25, -0.2) is 0 Å². The van der Waals surface area contributed by atoms with Crippen LogP contribution in [-0.4, -0.2) is 24.6 Å². The third kappa shape index (κ3) is 10.1. The number of esters is 2. The zero-order valence-corrected chi connectivity index (χ0v) is 12.0. The van der Waals surface area contributed by atoms with Gasteiger partial charge in [-0.1, -0.05) is 13.8 Å². The smallest absolute Gasteiger partial charge is 0.306 e. The van der Waals surface area contributed by atoms with Gasteiger partial charge in [0.15, 0.2) is 0 Å². The van der Waals surface area contributed by atoms with E-state index in [9.17, 15) is 9.59 Å². The van der Waals surface area contributed by atoms with E-state index in [0.717, 1.165) is 6.42 Å². The Morgan fingerprint density at radius 3 is 2.06 bits per heavy atom. The van der Waals surface area contributed by atoms with Gasteiger partial charge in [-0.3, -0.25) is 9.59 Å². The number of carbonyl (C=O) groups excluding carboxylic acids is 2. The molecule has 0 saturated carbocycles. The summed E-state index contributed by atoms with van der Waals surface area (Å²) < 4.78 is 10.1. The van der Waals surface area contributed by atoms with Crippen molar-refractivity contribution in [3.63, 3.8) is 0 Å². The Bertz CT molecular complexity index is 248. The Morgan fingerprint density at radius 2 is 1.56 bits per heavy atom. The third-order valence-corrected chi connectivity index (χ3v) is 2.45. The zero-order valence-electron chi connectivity index (χ0n) is 12.0. The molecule has 0 bridgehead atoms. The van der Waals surface area contributed by atoms with E-state index in [1.165, 1.54) is 0 Å². The Kier molecular flexibility index (Phi) is 9.33. The fourth-order valence-electron chi connectivity index (χ4n) is 1.77. The Balaban J connectivity index is 3.56. The minimum absolute atomic E-state index is 0.0254. The van der Waals surface area contributed by atoms with Gasteiger partial charge >= 0.3 is 11.9 Å². The van der Waals surface area contributed by atoms with Crippen LogP contribution in [0.3, 0.4) is 0 Å². The SMILES string of the molecule is CCOC(=O)CCCCC(=O)OC(C)CC(C)C. The normalized spacial score (nSPS) is 12.3. The quantitative estimate of drug-likeness (QED) is 0.471. The van der Waals surface area contributed by atoms with Gasteiger partial charge < -0.3 is 9.47 Å². The maximum absolute atomic E-state index is 11.5. The van der Waals surface area contributed by atoms with Crippen LogP contribution >= 0.6 is 0 Å². The molecular formula is C14H26O4. The summed E-state index contributed by atoms with van der Waals surface area (Å²) in [6.07, 6.45) is 2.96. The molecule has 0 N–H and O–H groups in total. The van der Waals surface area contributed by atoms with Gasteiger partial charge in [0, 0.05) is 12.8 Å². The summed E-state index contributed by atoms with van der Waals surface area (Å²) in [5.41, 5.74) is 0. The number of hydrogen-bond acceptors (Lipinski definition) is 4. The van der Waals surface area contributed by atoms with Crippen LogP contribution in [-0.2, 0) is 19.1 Å².